The number of imidazole rings is 1. The van der Waals surface area contributed by atoms with E-state index in [9.17, 15) is 0 Å². The summed E-state index contributed by atoms with van der Waals surface area (Å²) in [5.74, 6) is 1.77. The highest BCUT2D eigenvalue weighted by Crippen LogP contribution is 2.42. The molecule has 0 unspecified atom stereocenters. The Morgan fingerprint density at radius 3 is 2.54 bits per heavy atom. The Hall–Kier alpha value is -3.95. The Balaban J connectivity index is 1.24. The van der Waals surface area contributed by atoms with Gasteiger partial charge in [0.05, 0.1) is 16.9 Å². The second-order valence-corrected chi connectivity index (χ2v) is 10.2. The number of hydrogen-bond donors (Lipinski definition) is 1. The van der Waals surface area contributed by atoms with Crippen molar-refractivity contribution in [3.8, 4) is 22.6 Å². The molecule has 0 spiro atoms. The molecule has 1 aromatic carbocycles. The van der Waals surface area contributed by atoms with E-state index < -0.39 is 0 Å². The minimum atomic E-state index is 0.356. The maximum absolute atomic E-state index is 6.39. The smallest absolute Gasteiger partial charge is 0.153 e. The SMILES string of the molecule is CN1CCN(C2CC(c3nc(-c4ccc5ccc(-c6ccccn6)nc5c4)c4c(N)ncnn34)C2)CC1. The zero-order valence-electron chi connectivity index (χ0n) is 20.8. The van der Waals surface area contributed by atoms with E-state index in [1.165, 1.54) is 6.33 Å². The molecule has 0 radical (unpaired) electrons. The van der Waals surface area contributed by atoms with Gasteiger partial charge in [-0.3, -0.25) is 9.88 Å². The topological polar surface area (TPSA) is 101 Å². The molecule has 2 N–H and O–H groups in total. The highest BCUT2D eigenvalue weighted by atomic mass is 15.3. The van der Waals surface area contributed by atoms with Crippen LogP contribution in [0.2, 0.25) is 0 Å². The number of anilines is 1. The van der Waals surface area contributed by atoms with Crippen molar-refractivity contribution in [2.45, 2.75) is 24.8 Å². The van der Waals surface area contributed by atoms with Crippen molar-refractivity contribution in [1.29, 1.82) is 0 Å². The number of nitrogen functional groups attached to an aromatic ring is 1. The fourth-order valence-electron chi connectivity index (χ4n) is 5.65. The molecule has 9 nitrogen and oxygen atoms in total. The fourth-order valence-corrected chi connectivity index (χ4v) is 5.65. The molecular formula is C28H29N9. The van der Waals surface area contributed by atoms with Gasteiger partial charge in [-0.1, -0.05) is 24.3 Å². The number of aromatic nitrogens is 6. The average Bonchev–Trinajstić information content (AvgIpc) is 3.29. The molecule has 2 aliphatic rings. The third-order valence-electron chi connectivity index (χ3n) is 7.91. The number of pyridine rings is 2. The summed E-state index contributed by atoms with van der Waals surface area (Å²) >= 11 is 0. The van der Waals surface area contributed by atoms with E-state index in [0.29, 0.717) is 17.8 Å². The number of nitrogens with two attached hydrogens (primary N) is 1. The first-order valence-electron chi connectivity index (χ1n) is 12.9. The number of fused-ring (bicyclic) bond motifs is 2. The Bertz CT molecular complexity index is 1580. The van der Waals surface area contributed by atoms with Crippen LogP contribution in [0.5, 0.6) is 0 Å². The zero-order chi connectivity index (χ0) is 24.9. The lowest BCUT2D eigenvalue weighted by Crippen LogP contribution is -2.52. The van der Waals surface area contributed by atoms with Crippen LogP contribution in [0.3, 0.4) is 0 Å². The summed E-state index contributed by atoms with van der Waals surface area (Å²) < 4.78 is 1.91. The van der Waals surface area contributed by atoms with Crippen molar-refractivity contribution in [2.75, 3.05) is 39.0 Å². The van der Waals surface area contributed by atoms with E-state index in [1.54, 1.807) is 6.20 Å². The van der Waals surface area contributed by atoms with Gasteiger partial charge in [0.1, 0.15) is 23.4 Å². The highest BCUT2D eigenvalue weighted by molar-refractivity contribution is 5.91. The second-order valence-electron chi connectivity index (χ2n) is 10.2. The predicted octanol–water partition coefficient (Wildman–Crippen LogP) is 3.48. The Morgan fingerprint density at radius 2 is 1.73 bits per heavy atom. The summed E-state index contributed by atoms with van der Waals surface area (Å²) in [6, 6.07) is 16.8. The molecular weight excluding hydrogens is 462 g/mol. The van der Waals surface area contributed by atoms with Crippen LogP contribution in [0.1, 0.15) is 24.6 Å². The van der Waals surface area contributed by atoms with E-state index in [4.69, 9.17) is 15.7 Å². The molecule has 186 valence electrons. The molecule has 4 aromatic heterocycles. The summed E-state index contributed by atoms with van der Waals surface area (Å²) in [5, 5.41) is 5.63. The van der Waals surface area contributed by atoms with E-state index in [-0.39, 0.29) is 0 Å². The number of piperazine rings is 1. The molecule has 1 aliphatic heterocycles. The van der Waals surface area contributed by atoms with Crippen molar-refractivity contribution in [3.05, 3.63) is 66.9 Å². The van der Waals surface area contributed by atoms with Crippen LogP contribution in [0.15, 0.2) is 61.1 Å². The first kappa shape index (κ1) is 22.3. The molecule has 9 heteroatoms. The van der Waals surface area contributed by atoms with Crippen LogP contribution < -0.4 is 5.73 Å². The summed E-state index contributed by atoms with van der Waals surface area (Å²) in [6.07, 6.45) is 5.50. The molecule has 2 fully saturated rings. The number of benzene rings is 1. The molecule has 5 heterocycles. The molecule has 0 bridgehead atoms. The van der Waals surface area contributed by atoms with E-state index in [1.807, 2.05) is 28.8 Å². The van der Waals surface area contributed by atoms with Gasteiger partial charge in [-0.25, -0.2) is 19.5 Å². The minimum absolute atomic E-state index is 0.356. The summed E-state index contributed by atoms with van der Waals surface area (Å²) in [6.45, 7) is 4.56. The molecule has 1 saturated carbocycles. The van der Waals surface area contributed by atoms with Gasteiger partial charge >= 0.3 is 0 Å². The van der Waals surface area contributed by atoms with Gasteiger partial charge in [-0.15, -0.1) is 0 Å². The average molecular weight is 492 g/mol. The summed E-state index contributed by atoms with van der Waals surface area (Å²) in [4.78, 5) is 23.8. The molecule has 1 saturated heterocycles. The normalized spacial score (nSPS) is 20.9. The summed E-state index contributed by atoms with van der Waals surface area (Å²) in [7, 11) is 2.20. The van der Waals surface area contributed by atoms with Crippen molar-refractivity contribution < 1.29 is 0 Å². The van der Waals surface area contributed by atoms with Gasteiger partial charge < -0.3 is 10.6 Å². The first-order valence-corrected chi connectivity index (χ1v) is 12.9. The van der Waals surface area contributed by atoms with Crippen LogP contribution in [0.4, 0.5) is 5.82 Å². The van der Waals surface area contributed by atoms with Gasteiger partial charge in [0, 0.05) is 55.3 Å². The lowest BCUT2D eigenvalue weighted by atomic mass is 9.78. The summed E-state index contributed by atoms with van der Waals surface area (Å²) in [5.41, 5.74) is 11.5. The van der Waals surface area contributed by atoms with Crippen molar-refractivity contribution in [2.24, 2.45) is 0 Å². The second kappa shape index (κ2) is 8.86. The number of hydrogen-bond acceptors (Lipinski definition) is 8. The standard InChI is InChI=1S/C28H29N9/c1-35-10-12-36(13-11-35)21-14-20(15-21)28-34-25(26-27(29)31-17-32-37(26)28)19-6-5-18-7-8-23(33-24(18)16-19)22-4-2-3-9-30-22/h2-9,16-17,20-21H,10-15H2,1H3,(H2,29,31,32). The lowest BCUT2D eigenvalue weighted by Gasteiger charge is -2.45. The Kier molecular flexibility index (Phi) is 5.33. The Labute approximate surface area is 215 Å². The zero-order valence-corrected chi connectivity index (χ0v) is 20.8. The van der Waals surface area contributed by atoms with Gasteiger partial charge in [0.2, 0.25) is 0 Å². The predicted molar refractivity (Wildman–Crippen MR) is 144 cm³/mol. The van der Waals surface area contributed by atoms with Crippen molar-refractivity contribution in [3.63, 3.8) is 0 Å². The molecule has 7 rings (SSSR count). The molecule has 1 aliphatic carbocycles. The molecule has 5 aromatic rings. The largest absolute Gasteiger partial charge is 0.382 e. The van der Waals surface area contributed by atoms with Crippen LogP contribution in [-0.4, -0.2) is 78.6 Å². The van der Waals surface area contributed by atoms with Gasteiger partial charge in [-0.05, 0) is 44.2 Å². The maximum Gasteiger partial charge on any atom is 0.153 e. The quantitative estimate of drug-likeness (QED) is 0.408. The first-order chi connectivity index (χ1) is 18.1. The van der Waals surface area contributed by atoms with Crippen LogP contribution in [0.25, 0.3) is 39.1 Å². The van der Waals surface area contributed by atoms with Gasteiger partial charge in [0.25, 0.3) is 0 Å². The molecule has 0 amide bonds. The lowest BCUT2D eigenvalue weighted by molar-refractivity contribution is 0.0584. The monoisotopic (exact) mass is 491 g/mol. The van der Waals surface area contributed by atoms with Crippen LogP contribution in [0, 0.1) is 0 Å². The number of rotatable bonds is 4. The maximum atomic E-state index is 6.39. The van der Waals surface area contributed by atoms with E-state index in [0.717, 1.165) is 83.9 Å². The van der Waals surface area contributed by atoms with Crippen molar-refractivity contribution >= 4 is 22.2 Å². The fraction of sp³-hybridized carbons (Fsp3) is 0.321. The highest BCUT2D eigenvalue weighted by Gasteiger charge is 2.38. The molecule has 0 atom stereocenters. The van der Waals surface area contributed by atoms with Gasteiger partial charge in [-0.2, -0.15) is 5.10 Å². The van der Waals surface area contributed by atoms with E-state index in [2.05, 4.69) is 56.2 Å². The number of nitrogens with zero attached hydrogens (tertiary/aromatic N) is 8. The van der Waals surface area contributed by atoms with E-state index >= 15 is 0 Å². The third-order valence-corrected chi connectivity index (χ3v) is 7.91. The Morgan fingerprint density at radius 1 is 0.892 bits per heavy atom. The van der Waals surface area contributed by atoms with Crippen molar-refractivity contribution in [1.82, 2.24) is 39.3 Å². The van der Waals surface area contributed by atoms with Gasteiger partial charge in [0.15, 0.2) is 5.82 Å². The third kappa shape index (κ3) is 3.91. The van der Waals surface area contributed by atoms with Crippen LogP contribution in [-0.2, 0) is 0 Å². The number of likely N-dealkylation sites (N-methyl/N-ethyl adjacent to an activating group) is 1. The molecule has 37 heavy (non-hydrogen) atoms. The minimum Gasteiger partial charge on any atom is -0.382 e. The van der Waals surface area contributed by atoms with Crippen LogP contribution >= 0.6 is 0 Å².